The van der Waals surface area contributed by atoms with Crippen LogP contribution in [0.25, 0.3) is 33.7 Å². The van der Waals surface area contributed by atoms with Gasteiger partial charge in [-0.15, -0.1) is 11.8 Å². The SMILES string of the molecule is Fc1cccc(-c2cccc(-c3nc4cc5c(c(F)c4o3)CCS5)c2Cl)c1. The first-order valence-electron chi connectivity index (χ1n) is 8.41. The molecule has 0 atom stereocenters. The lowest BCUT2D eigenvalue weighted by Gasteiger charge is -2.07. The topological polar surface area (TPSA) is 26.0 Å². The van der Waals surface area contributed by atoms with Gasteiger partial charge in [0.15, 0.2) is 11.4 Å². The lowest BCUT2D eigenvalue weighted by molar-refractivity contribution is 0.555. The minimum absolute atomic E-state index is 0.151. The van der Waals surface area contributed by atoms with Gasteiger partial charge >= 0.3 is 0 Å². The van der Waals surface area contributed by atoms with Crippen molar-refractivity contribution in [2.75, 3.05) is 5.75 Å². The molecule has 5 rings (SSSR count). The van der Waals surface area contributed by atoms with E-state index in [-0.39, 0.29) is 23.1 Å². The average molecular weight is 400 g/mol. The Morgan fingerprint density at radius 2 is 1.85 bits per heavy atom. The lowest BCUT2D eigenvalue weighted by atomic mass is 10.0. The van der Waals surface area contributed by atoms with Gasteiger partial charge in [-0.2, -0.15) is 0 Å². The monoisotopic (exact) mass is 399 g/mol. The molecule has 0 aliphatic carbocycles. The first-order chi connectivity index (χ1) is 13.1. The maximum absolute atomic E-state index is 14.8. The number of rotatable bonds is 2. The summed E-state index contributed by atoms with van der Waals surface area (Å²) in [6.07, 6.45) is 0.688. The van der Waals surface area contributed by atoms with Crippen LogP contribution < -0.4 is 0 Å². The van der Waals surface area contributed by atoms with Crippen molar-refractivity contribution in [1.29, 1.82) is 0 Å². The molecule has 134 valence electrons. The standard InChI is InChI=1S/C21H12ClF2NOS/c22-18-13(11-3-1-4-12(23)9-11)5-2-6-15(18)21-25-16-10-17-14(7-8-27-17)19(24)20(16)26-21/h1-6,9-10H,7-8H2. The number of hydrogen-bond acceptors (Lipinski definition) is 3. The quantitative estimate of drug-likeness (QED) is 0.373. The van der Waals surface area contributed by atoms with Crippen molar-refractivity contribution in [1.82, 2.24) is 4.98 Å². The molecule has 27 heavy (non-hydrogen) atoms. The van der Waals surface area contributed by atoms with Crippen LogP contribution in [0.4, 0.5) is 8.78 Å². The molecule has 0 saturated carbocycles. The molecular weight excluding hydrogens is 388 g/mol. The van der Waals surface area contributed by atoms with E-state index in [4.69, 9.17) is 16.0 Å². The van der Waals surface area contributed by atoms with E-state index in [2.05, 4.69) is 4.98 Å². The molecule has 6 heteroatoms. The van der Waals surface area contributed by atoms with Crippen LogP contribution >= 0.6 is 23.4 Å². The van der Waals surface area contributed by atoms with E-state index in [1.165, 1.54) is 12.1 Å². The second kappa shape index (κ2) is 6.36. The third-order valence-corrected chi connectivity index (χ3v) is 6.15. The van der Waals surface area contributed by atoms with Gasteiger partial charge in [0.2, 0.25) is 5.89 Å². The Hall–Kier alpha value is -2.37. The van der Waals surface area contributed by atoms with E-state index < -0.39 is 0 Å². The highest BCUT2D eigenvalue weighted by atomic mass is 35.5. The zero-order valence-corrected chi connectivity index (χ0v) is 15.5. The molecule has 1 aromatic heterocycles. The molecule has 3 aromatic carbocycles. The molecule has 1 aliphatic rings. The Bertz CT molecular complexity index is 1200. The fourth-order valence-corrected chi connectivity index (χ4v) is 4.76. The van der Waals surface area contributed by atoms with Crippen molar-refractivity contribution in [3.8, 4) is 22.6 Å². The molecule has 0 radical (unpaired) electrons. The summed E-state index contributed by atoms with van der Waals surface area (Å²) in [7, 11) is 0. The van der Waals surface area contributed by atoms with E-state index >= 15 is 0 Å². The second-order valence-corrected chi connectivity index (χ2v) is 7.83. The minimum Gasteiger partial charge on any atom is -0.433 e. The number of hydrogen-bond donors (Lipinski definition) is 0. The maximum Gasteiger partial charge on any atom is 0.229 e. The summed E-state index contributed by atoms with van der Waals surface area (Å²) in [6.45, 7) is 0. The van der Waals surface area contributed by atoms with Gasteiger partial charge in [-0.25, -0.2) is 13.8 Å². The van der Waals surface area contributed by atoms with E-state index in [0.717, 1.165) is 10.6 Å². The number of benzene rings is 3. The zero-order chi connectivity index (χ0) is 18.5. The van der Waals surface area contributed by atoms with Crippen LogP contribution in [-0.4, -0.2) is 10.7 Å². The highest BCUT2D eigenvalue weighted by molar-refractivity contribution is 7.99. The molecule has 2 nitrogen and oxygen atoms in total. The average Bonchev–Trinajstić information content (AvgIpc) is 3.29. The van der Waals surface area contributed by atoms with E-state index in [1.54, 1.807) is 42.1 Å². The smallest absolute Gasteiger partial charge is 0.229 e. The molecular formula is C21H12ClF2NOS. The van der Waals surface area contributed by atoms with Crippen molar-refractivity contribution in [2.24, 2.45) is 0 Å². The third kappa shape index (κ3) is 2.73. The van der Waals surface area contributed by atoms with Crippen LogP contribution in [0, 0.1) is 11.6 Å². The van der Waals surface area contributed by atoms with Gasteiger partial charge in [0.25, 0.3) is 0 Å². The molecule has 0 amide bonds. The summed E-state index contributed by atoms with van der Waals surface area (Å²) in [5.41, 5.74) is 3.17. The largest absolute Gasteiger partial charge is 0.433 e. The van der Waals surface area contributed by atoms with Crippen LogP contribution in [0.5, 0.6) is 0 Å². The lowest BCUT2D eigenvalue weighted by Crippen LogP contribution is -1.88. The summed E-state index contributed by atoms with van der Waals surface area (Å²) >= 11 is 8.20. The van der Waals surface area contributed by atoms with Gasteiger partial charge in [0, 0.05) is 21.8 Å². The second-order valence-electron chi connectivity index (χ2n) is 6.31. The minimum atomic E-state index is -0.344. The molecule has 0 saturated heterocycles. The summed E-state index contributed by atoms with van der Waals surface area (Å²) in [4.78, 5) is 5.37. The third-order valence-electron chi connectivity index (χ3n) is 4.66. The normalized spacial score (nSPS) is 13.3. The summed E-state index contributed by atoms with van der Waals surface area (Å²) < 4.78 is 34.1. The van der Waals surface area contributed by atoms with Gasteiger partial charge in [-0.3, -0.25) is 0 Å². The van der Waals surface area contributed by atoms with Crippen LogP contribution in [0.3, 0.4) is 0 Å². The maximum atomic E-state index is 14.8. The fraction of sp³-hybridized carbons (Fsp3) is 0.0952. The van der Waals surface area contributed by atoms with E-state index in [1.807, 2.05) is 6.07 Å². The highest BCUT2D eigenvalue weighted by Gasteiger charge is 2.23. The Labute approximate surface area is 163 Å². The summed E-state index contributed by atoms with van der Waals surface area (Å²) in [6, 6.07) is 13.4. The van der Waals surface area contributed by atoms with Gasteiger partial charge in [-0.05, 0) is 36.2 Å². The van der Waals surface area contributed by atoms with Crippen molar-refractivity contribution in [3.05, 3.63) is 70.8 Å². The summed E-state index contributed by atoms with van der Waals surface area (Å²) in [5, 5.41) is 0.386. The molecule has 2 heterocycles. The predicted octanol–water partition coefficient (Wildman–Crippen LogP) is 6.74. The van der Waals surface area contributed by atoms with Crippen LogP contribution in [0.15, 0.2) is 57.8 Å². The van der Waals surface area contributed by atoms with Gasteiger partial charge in [0.1, 0.15) is 11.3 Å². The summed E-state index contributed by atoms with van der Waals surface area (Å²) in [5.74, 6) is 0.433. The molecule has 4 aromatic rings. The van der Waals surface area contributed by atoms with E-state index in [9.17, 15) is 8.78 Å². The Kier molecular flexibility index (Phi) is 3.95. The zero-order valence-electron chi connectivity index (χ0n) is 13.9. The molecule has 0 unspecified atom stereocenters. The molecule has 0 spiro atoms. The fourth-order valence-electron chi connectivity index (χ4n) is 3.36. The molecule has 0 N–H and O–H groups in total. The van der Waals surface area contributed by atoms with Crippen LogP contribution in [0.1, 0.15) is 5.56 Å². The van der Waals surface area contributed by atoms with Gasteiger partial charge in [-0.1, -0.05) is 35.9 Å². The molecule has 1 aliphatic heterocycles. The Morgan fingerprint density at radius 1 is 1.04 bits per heavy atom. The van der Waals surface area contributed by atoms with Crippen molar-refractivity contribution >= 4 is 34.5 Å². The number of halogens is 3. The highest BCUT2D eigenvalue weighted by Crippen LogP contribution is 2.41. The van der Waals surface area contributed by atoms with Crippen molar-refractivity contribution in [2.45, 2.75) is 11.3 Å². The number of fused-ring (bicyclic) bond motifs is 2. The Balaban J connectivity index is 1.67. The number of nitrogens with zero attached hydrogens (tertiary/aromatic N) is 1. The van der Waals surface area contributed by atoms with Crippen LogP contribution in [-0.2, 0) is 6.42 Å². The number of oxazole rings is 1. The van der Waals surface area contributed by atoms with Crippen LogP contribution in [0.2, 0.25) is 5.02 Å². The van der Waals surface area contributed by atoms with Gasteiger partial charge in [0.05, 0.1) is 10.6 Å². The first-order valence-corrected chi connectivity index (χ1v) is 9.78. The molecule has 0 fully saturated rings. The number of aromatic nitrogens is 1. The van der Waals surface area contributed by atoms with Gasteiger partial charge < -0.3 is 4.42 Å². The number of thioether (sulfide) groups is 1. The molecule has 0 bridgehead atoms. The predicted molar refractivity (Wildman–Crippen MR) is 104 cm³/mol. The van der Waals surface area contributed by atoms with E-state index in [0.29, 0.717) is 39.2 Å². The van der Waals surface area contributed by atoms with Crippen molar-refractivity contribution in [3.63, 3.8) is 0 Å². The first kappa shape index (κ1) is 16.8. The van der Waals surface area contributed by atoms with Crippen molar-refractivity contribution < 1.29 is 13.2 Å². The Morgan fingerprint density at radius 3 is 2.70 bits per heavy atom.